The van der Waals surface area contributed by atoms with Gasteiger partial charge >= 0.3 is 0 Å². The van der Waals surface area contributed by atoms with E-state index in [1.54, 1.807) is 12.2 Å². The predicted octanol–water partition coefficient (Wildman–Crippen LogP) is 31.3. The van der Waals surface area contributed by atoms with Crippen LogP contribution in [0.1, 0.15) is 55.6 Å². The fourth-order valence-corrected chi connectivity index (χ4v) is 18.7. The smallest absolute Gasteiger partial charge is 0.137 e. The maximum atomic E-state index is 17.6. The molecule has 0 radical (unpaired) electrons. The lowest BCUT2D eigenvalue weighted by Crippen LogP contribution is -2.31. The van der Waals surface area contributed by atoms with E-state index in [1.165, 1.54) is 36.4 Å². The van der Waals surface area contributed by atoms with Crippen molar-refractivity contribution in [1.29, 1.82) is 0 Å². The largest absolute Gasteiger partial charge is 0.457 e. The van der Waals surface area contributed by atoms with E-state index in [0.717, 1.165) is 123 Å². The Balaban J connectivity index is 0.724. The molecule has 18 aromatic carbocycles. The van der Waals surface area contributed by atoms with E-state index >= 15 is 17.6 Å². The molecule has 2 aliphatic rings. The zero-order valence-electron chi connectivity index (χ0n) is 66.5. The first-order valence-corrected chi connectivity index (χ1v) is 41.0. The van der Waals surface area contributed by atoms with E-state index in [4.69, 9.17) is 13.9 Å². The minimum absolute atomic E-state index is 0.105. The minimum atomic E-state index is -1.53. The molecular weight excluding hydrogens is 1520 g/mol. The summed E-state index contributed by atoms with van der Waals surface area (Å²) in [4.78, 5) is 4.36. The van der Waals surface area contributed by atoms with Gasteiger partial charge in [-0.15, -0.1) is 0 Å². The van der Waals surface area contributed by atoms with Crippen LogP contribution in [0.15, 0.2) is 430 Å². The van der Waals surface area contributed by atoms with E-state index in [1.807, 2.05) is 182 Å². The molecule has 0 fully saturated rings. The summed E-state index contributed by atoms with van der Waals surface area (Å²) in [6, 6.07) is 134. The zero-order valence-corrected chi connectivity index (χ0v) is 66.5. The molecule has 9 heteroatoms. The van der Waals surface area contributed by atoms with E-state index < -0.39 is 34.1 Å². The van der Waals surface area contributed by atoms with Crippen LogP contribution in [0.4, 0.5) is 51.7 Å². The molecule has 5 nitrogen and oxygen atoms in total. The number of benzene rings is 18. The second-order valence-corrected chi connectivity index (χ2v) is 31.2. The molecule has 2 atom stereocenters. The van der Waals surface area contributed by atoms with E-state index in [9.17, 15) is 0 Å². The topological polar surface area (TPSA) is 38.1 Å². The number of halogens is 4. The van der Waals surface area contributed by atoms with E-state index in [-0.39, 0.29) is 11.1 Å². The number of rotatable bonds is 20. The number of anilines is 6. The Bertz CT molecular complexity index is 6840. The highest BCUT2D eigenvalue weighted by molar-refractivity contribution is 6.08. The second-order valence-electron chi connectivity index (χ2n) is 31.2. The number of ether oxygens (including phenoxy) is 2. The molecule has 21 rings (SSSR count). The lowest BCUT2D eigenvalue weighted by Gasteiger charge is -2.35. The molecular formula is C114H74F4N2O3. The molecule has 0 saturated carbocycles. The van der Waals surface area contributed by atoms with Gasteiger partial charge in [-0.2, -0.15) is 0 Å². The molecule has 0 spiro atoms. The first kappa shape index (κ1) is 74.7. The van der Waals surface area contributed by atoms with E-state index in [0.29, 0.717) is 67.8 Å². The highest BCUT2D eigenvalue weighted by Gasteiger charge is 2.51. The Kier molecular flexibility index (Phi) is 18.7. The number of hydrogen-bond acceptors (Lipinski definition) is 5. The fraction of sp³-hybridized carbons (Fsp3) is 0.0175. The van der Waals surface area contributed by atoms with Crippen molar-refractivity contribution in [3.63, 3.8) is 0 Å². The van der Waals surface area contributed by atoms with Gasteiger partial charge in [-0.3, -0.25) is 0 Å². The van der Waals surface area contributed by atoms with Crippen LogP contribution in [0.2, 0.25) is 0 Å². The van der Waals surface area contributed by atoms with Crippen LogP contribution in [0, 0.1) is 23.3 Å². The standard InChI is InChI=1S/C114H74F4N2O3/c1-3-73-35-55-91(56-36-73)121-93-59-43-83(44-60-93)113(111-105(115)31-17-32-106(111)116)101-29-13-11-27-95(101)97-63-51-87(69-103(97)113)119(85-47-39-77(40-48-85)81-25-15-23-79(67-81)75-19-7-5-8-20-75)89-53-65-99-100-66-54-90(72-110(100)123-109(99)71-89)120(86-49-41-78(42-50-86)82-26-16-24-80(68-82)76-21-9-6-10-22-76)88-52-64-98-96-28-12-14-30-102(96)114(104(98)70-88,112-107(117)33-18-34-108(112)118)84-45-61-94(62-46-84)122-92-57-37-74(4-2)38-58-92/h3-72H,1-2H2. The average molecular weight is 1600 g/mol. The molecule has 1 aromatic heterocycles. The fourth-order valence-electron chi connectivity index (χ4n) is 18.7. The molecule has 0 aliphatic heterocycles. The maximum absolute atomic E-state index is 17.6. The number of fused-ring (bicyclic) bond motifs is 9. The zero-order chi connectivity index (χ0) is 82.9. The molecule has 123 heavy (non-hydrogen) atoms. The number of hydrogen-bond donors (Lipinski definition) is 0. The van der Waals surface area contributed by atoms with Crippen LogP contribution >= 0.6 is 0 Å². The summed E-state index contributed by atoms with van der Waals surface area (Å²) < 4.78 is 90.4. The first-order valence-electron chi connectivity index (χ1n) is 41.0. The predicted molar refractivity (Wildman–Crippen MR) is 492 cm³/mol. The lowest BCUT2D eigenvalue weighted by molar-refractivity contribution is 0.481. The third-order valence-corrected chi connectivity index (χ3v) is 24.3. The van der Waals surface area contributed by atoms with Gasteiger partial charge in [0.2, 0.25) is 0 Å². The van der Waals surface area contributed by atoms with Crippen LogP contribution in [0.25, 0.3) is 101 Å². The van der Waals surface area contributed by atoms with Crippen LogP contribution in [0.3, 0.4) is 0 Å². The van der Waals surface area contributed by atoms with Crippen molar-refractivity contribution in [3.8, 4) is 89.8 Å². The molecule has 2 unspecified atom stereocenters. The van der Waals surface area contributed by atoms with Crippen molar-refractivity contribution in [3.05, 3.63) is 505 Å². The SMILES string of the molecule is C=Cc1ccc(Oc2ccc(C3(c4c(F)cccc4F)c4ccccc4-c4ccc(N(c5ccc(-c6cccc(-c7ccccc7)c6)cc5)c5ccc6c(c5)oc5cc(N(c7ccc(-c8cccc(-c9ccccc9)c8)cc7)c7ccc8c(c7)C(c7ccc(Oc9ccc(C=C)cc9)cc7)(c7c(F)cccc7F)c7ccccc7-8)ccc56)cc43)cc2)cc1. The van der Waals surface area contributed by atoms with Crippen LogP contribution in [0.5, 0.6) is 23.0 Å². The van der Waals surface area contributed by atoms with Crippen molar-refractivity contribution in [2.45, 2.75) is 10.8 Å². The molecule has 2 aliphatic carbocycles. The second kappa shape index (κ2) is 30.8. The van der Waals surface area contributed by atoms with Gasteiger partial charge in [-0.05, 0) is 269 Å². The lowest BCUT2D eigenvalue weighted by atomic mass is 9.67. The molecule has 0 amide bonds. The summed E-state index contributed by atoms with van der Waals surface area (Å²) in [6.07, 6.45) is 3.55. The Morgan fingerprint density at radius 3 is 0.902 bits per heavy atom. The summed E-state index contributed by atoms with van der Waals surface area (Å²) in [5.74, 6) is -0.430. The molecule has 19 aromatic rings. The monoisotopic (exact) mass is 1590 g/mol. The highest BCUT2D eigenvalue weighted by atomic mass is 19.1. The average Bonchev–Trinajstić information content (AvgIpc) is 1.54. The molecule has 586 valence electrons. The minimum Gasteiger partial charge on any atom is -0.457 e. The summed E-state index contributed by atoms with van der Waals surface area (Å²) >= 11 is 0. The van der Waals surface area contributed by atoms with Crippen LogP contribution < -0.4 is 19.3 Å². The quantitative estimate of drug-likeness (QED) is 0.0711. The van der Waals surface area contributed by atoms with Crippen molar-refractivity contribution in [1.82, 2.24) is 0 Å². The third-order valence-electron chi connectivity index (χ3n) is 24.3. The van der Waals surface area contributed by atoms with Crippen molar-refractivity contribution < 1.29 is 31.5 Å². The highest BCUT2D eigenvalue weighted by Crippen LogP contribution is 2.61. The normalized spacial score (nSPS) is 14.1. The first-order chi connectivity index (χ1) is 60.5. The summed E-state index contributed by atoms with van der Waals surface area (Å²) in [5, 5.41) is 1.72. The third kappa shape index (κ3) is 13.0. The molecule has 1 heterocycles. The van der Waals surface area contributed by atoms with Gasteiger partial charge in [0.05, 0.1) is 10.8 Å². The number of nitrogens with zero attached hydrogens (tertiary/aromatic N) is 2. The Morgan fingerprint density at radius 2 is 0.537 bits per heavy atom. The van der Waals surface area contributed by atoms with Gasteiger partial charge in [0.25, 0.3) is 0 Å². The molecule has 0 bridgehead atoms. The number of furan rings is 1. The summed E-state index contributed by atoms with van der Waals surface area (Å²) in [5.41, 5.74) is 20.2. The van der Waals surface area contributed by atoms with Gasteiger partial charge in [0, 0.05) is 68.2 Å². The van der Waals surface area contributed by atoms with Gasteiger partial charge in [0.1, 0.15) is 57.4 Å². The molecule has 0 N–H and O–H groups in total. The summed E-state index contributed by atoms with van der Waals surface area (Å²) in [7, 11) is 0. The molecule has 0 saturated heterocycles. The Morgan fingerprint density at radius 1 is 0.244 bits per heavy atom. The summed E-state index contributed by atoms with van der Waals surface area (Å²) in [6.45, 7) is 7.82. The van der Waals surface area contributed by atoms with Gasteiger partial charge < -0.3 is 23.7 Å². The Labute approximate surface area is 710 Å². The van der Waals surface area contributed by atoms with Crippen molar-refractivity contribution >= 4 is 68.2 Å². The van der Waals surface area contributed by atoms with Crippen molar-refractivity contribution in [2.24, 2.45) is 0 Å². The Hall–Kier alpha value is -15.8. The van der Waals surface area contributed by atoms with Crippen LogP contribution in [-0.4, -0.2) is 0 Å². The van der Waals surface area contributed by atoms with Gasteiger partial charge in [0.15, 0.2) is 0 Å². The maximum Gasteiger partial charge on any atom is 0.137 e. The van der Waals surface area contributed by atoms with Crippen LogP contribution in [-0.2, 0) is 10.8 Å². The van der Waals surface area contributed by atoms with Crippen molar-refractivity contribution in [2.75, 3.05) is 9.80 Å². The van der Waals surface area contributed by atoms with E-state index in [2.05, 4.69) is 217 Å². The van der Waals surface area contributed by atoms with Gasteiger partial charge in [-0.25, -0.2) is 17.6 Å². The van der Waals surface area contributed by atoms with Gasteiger partial charge in [-0.1, -0.05) is 268 Å².